The van der Waals surface area contributed by atoms with Crippen LogP contribution in [0.15, 0.2) is 42.5 Å². The Morgan fingerprint density at radius 3 is 2.48 bits per heavy atom. The fourth-order valence-corrected chi connectivity index (χ4v) is 4.80. The number of ether oxygens (including phenoxy) is 2. The van der Waals surface area contributed by atoms with E-state index in [-0.39, 0.29) is 5.75 Å². The molecule has 0 aliphatic carbocycles. The number of benzene rings is 2. The van der Waals surface area contributed by atoms with E-state index in [2.05, 4.69) is 20.6 Å². The third-order valence-electron chi connectivity index (χ3n) is 5.35. The Hall–Kier alpha value is -2.72. The lowest BCUT2D eigenvalue weighted by atomic mass is 10.2. The summed E-state index contributed by atoms with van der Waals surface area (Å²) in [6, 6.07) is 12.2. The summed E-state index contributed by atoms with van der Waals surface area (Å²) in [4.78, 5) is 4.95. The number of nitrogens with one attached hydrogen (secondary N) is 1. The summed E-state index contributed by atoms with van der Waals surface area (Å²) >= 11 is 1.15. The molecule has 10 heteroatoms. The Kier molecular flexibility index (Phi) is 6.10. The van der Waals surface area contributed by atoms with Crippen molar-refractivity contribution in [3.8, 4) is 11.5 Å². The highest BCUT2D eigenvalue weighted by molar-refractivity contribution is 7.16. The molecule has 0 atom stereocenters. The van der Waals surface area contributed by atoms with E-state index in [1.165, 1.54) is 12.1 Å². The maximum absolute atomic E-state index is 12.5. The van der Waals surface area contributed by atoms with Gasteiger partial charge in [-0.2, -0.15) is 0 Å². The number of thiazole rings is 1. The molecule has 1 N–H and O–H groups in total. The van der Waals surface area contributed by atoms with Crippen LogP contribution in [-0.4, -0.2) is 55.7 Å². The van der Waals surface area contributed by atoms with Gasteiger partial charge < -0.3 is 18.9 Å². The van der Waals surface area contributed by atoms with Crippen molar-refractivity contribution in [3.05, 3.63) is 47.3 Å². The molecule has 1 fully saturated rings. The molecule has 4 rings (SSSR count). The maximum atomic E-state index is 12.5. The zero-order chi connectivity index (χ0) is 22.0. The van der Waals surface area contributed by atoms with Gasteiger partial charge in [-0.3, -0.25) is 10.3 Å². The zero-order valence-corrected chi connectivity index (χ0v) is 17.8. The van der Waals surface area contributed by atoms with Crippen LogP contribution in [0.5, 0.6) is 11.5 Å². The Bertz CT molecular complexity index is 1100. The van der Waals surface area contributed by atoms with Crippen molar-refractivity contribution >= 4 is 27.2 Å². The van der Waals surface area contributed by atoms with E-state index < -0.39 is 6.36 Å². The highest BCUT2D eigenvalue weighted by atomic mass is 32.1. The van der Waals surface area contributed by atoms with Crippen molar-refractivity contribution in [3.63, 3.8) is 0 Å². The smallest absolute Gasteiger partial charge is 0.495 e. The first-order valence-corrected chi connectivity index (χ1v) is 10.7. The molecule has 0 saturated carbocycles. The molecule has 0 radical (unpaired) electrons. The van der Waals surface area contributed by atoms with Crippen molar-refractivity contribution < 1.29 is 22.6 Å². The number of aromatic nitrogens is 1. The van der Waals surface area contributed by atoms with Crippen LogP contribution in [0.1, 0.15) is 0 Å². The Morgan fingerprint density at radius 1 is 1.03 bits per heavy atom. The molecule has 166 valence electrons. The van der Waals surface area contributed by atoms with Crippen LogP contribution in [0, 0.1) is 5.41 Å². The Morgan fingerprint density at radius 2 is 1.77 bits per heavy atom. The highest BCUT2D eigenvalue weighted by Crippen LogP contribution is 2.29. The average Bonchev–Trinajstić information content (AvgIpc) is 3.05. The lowest BCUT2D eigenvalue weighted by molar-refractivity contribution is -0.274. The molecule has 1 aliphatic heterocycles. The molecule has 1 aromatic heterocycles. The number of nitrogens with zero attached hydrogens (tertiary/aromatic N) is 3. The quantitative estimate of drug-likeness (QED) is 0.616. The number of rotatable bonds is 6. The number of hydrogen-bond acceptors (Lipinski definition) is 6. The topological polar surface area (TPSA) is 53.7 Å². The molecule has 0 unspecified atom stereocenters. The zero-order valence-electron chi connectivity index (χ0n) is 17.0. The van der Waals surface area contributed by atoms with Crippen molar-refractivity contribution in [2.24, 2.45) is 0 Å². The molecule has 2 heterocycles. The number of fused-ring (bicyclic) bond motifs is 1. The number of para-hydroxylation sites is 2. The second kappa shape index (κ2) is 8.80. The van der Waals surface area contributed by atoms with Crippen LogP contribution in [0.3, 0.4) is 0 Å². The first-order valence-electron chi connectivity index (χ1n) is 9.88. The van der Waals surface area contributed by atoms with Gasteiger partial charge in [-0.1, -0.05) is 23.5 Å². The van der Waals surface area contributed by atoms with Crippen molar-refractivity contribution in [1.29, 1.82) is 5.41 Å². The summed E-state index contributed by atoms with van der Waals surface area (Å²) in [5.74, 6) is 0.602. The summed E-state index contributed by atoms with van der Waals surface area (Å²) < 4.78 is 49.3. The lowest BCUT2D eigenvalue weighted by Gasteiger charge is -2.36. The number of alkyl halides is 3. The molecular formula is C21H23F3N4O2S. The van der Waals surface area contributed by atoms with Gasteiger partial charge in [0.15, 0.2) is 4.80 Å². The van der Waals surface area contributed by atoms with E-state index in [4.69, 9.17) is 10.1 Å². The Labute approximate surface area is 181 Å². The third-order valence-corrected chi connectivity index (χ3v) is 6.31. The molecule has 0 amide bonds. The number of methoxy groups -OCH3 is 1. The van der Waals surface area contributed by atoms with E-state index in [9.17, 15) is 13.2 Å². The van der Waals surface area contributed by atoms with Gasteiger partial charge in [-0.25, -0.2) is 0 Å². The van der Waals surface area contributed by atoms with Gasteiger partial charge in [-0.15, -0.1) is 13.2 Å². The molecule has 2 aromatic carbocycles. The summed E-state index contributed by atoms with van der Waals surface area (Å²) in [6.07, 6.45) is -4.73. The minimum atomic E-state index is -4.73. The van der Waals surface area contributed by atoms with Crippen LogP contribution in [0.4, 0.5) is 18.9 Å². The first kappa shape index (κ1) is 21.5. The summed E-state index contributed by atoms with van der Waals surface area (Å²) in [5.41, 5.74) is 1.84. The standard InChI is InChI=1S/C21H23F3N4O2S/c1-29-18-5-3-2-4-16(18)27-11-8-26(9-12-27)10-13-28-17-7-6-15(30-21(22,23)24)14-19(17)31-20(28)25/h2-7,14,25H,8-13H2,1H3. The van der Waals surface area contributed by atoms with Crippen LogP contribution in [0.25, 0.3) is 10.2 Å². The van der Waals surface area contributed by atoms with Gasteiger partial charge >= 0.3 is 6.36 Å². The first-order chi connectivity index (χ1) is 14.8. The van der Waals surface area contributed by atoms with Crippen molar-refractivity contribution in [2.75, 3.05) is 44.7 Å². The van der Waals surface area contributed by atoms with Crippen molar-refractivity contribution in [2.45, 2.75) is 12.9 Å². The van der Waals surface area contributed by atoms with Crippen LogP contribution >= 0.6 is 11.3 Å². The molecule has 31 heavy (non-hydrogen) atoms. The average molecular weight is 453 g/mol. The van der Waals surface area contributed by atoms with Gasteiger partial charge in [0.1, 0.15) is 11.5 Å². The second-order valence-electron chi connectivity index (χ2n) is 7.24. The predicted octanol–water partition coefficient (Wildman–Crippen LogP) is 3.91. The van der Waals surface area contributed by atoms with E-state index in [0.29, 0.717) is 16.0 Å². The highest BCUT2D eigenvalue weighted by Gasteiger charge is 2.31. The minimum absolute atomic E-state index is 0.263. The van der Waals surface area contributed by atoms with Gasteiger partial charge in [-0.05, 0) is 30.3 Å². The van der Waals surface area contributed by atoms with Crippen molar-refractivity contribution in [1.82, 2.24) is 9.47 Å². The molecule has 1 saturated heterocycles. The maximum Gasteiger partial charge on any atom is 0.573 e. The van der Waals surface area contributed by atoms with E-state index in [0.717, 1.165) is 61.0 Å². The van der Waals surface area contributed by atoms with Gasteiger partial charge in [0.25, 0.3) is 0 Å². The van der Waals surface area contributed by atoms with Gasteiger partial charge in [0.05, 0.1) is 23.0 Å². The normalized spacial score (nSPS) is 15.4. The summed E-state index contributed by atoms with van der Waals surface area (Å²) in [6.45, 7) is 4.90. The van der Waals surface area contributed by atoms with E-state index >= 15 is 0 Å². The lowest BCUT2D eigenvalue weighted by Crippen LogP contribution is -2.47. The van der Waals surface area contributed by atoms with Crippen LogP contribution in [0.2, 0.25) is 0 Å². The number of halogens is 3. The van der Waals surface area contributed by atoms with E-state index in [1.807, 2.05) is 22.8 Å². The number of piperazine rings is 1. The Balaban J connectivity index is 1.39. The minimum Gasteiger partial charge on any atom is -0.495 e. The number of hydrogen-bond donors (Lipinski definition) is 1. The van der Waals surface area contributed by atoms with Crippen LogP contribution < -0.4 is 19.2 Å². The third kappa shape index (κ3) is 4.96. The van der Waals surface area contributed by atoms with Gasteiger partial charge in [0, 0.05) is 39.3 Å². The molecule has 6 nitrogen and oxygen atoms in total. The predicted molar refractivity (Wildman–Crippen MR) is 114 cm³/mol. The molecule has 0 bridgehead atoms. The van der Waals surface area contributed by atoms with Gasteiger partial charge in [0.2, 0.25) is 0 Å². The van der Waals surface area contributed by atoms with Crippen LogP contribution in [-0.2, 0) is 6.54 Å². The fraction of sp³-hybridized carbons (Fsp3) is 0.381. The summed E-state index contributed by atoms with van der Waals surface area (Å²) in [7, 11) is 1.67. The largest absolute Gasteiger partial charge is 0.573 e. The SMILES string of the molecule is COc1ccccc1N1CCN(CCn2c(=N)sc3cc(OC(F)(F)F)ccc32)CC1. The summed E-state index contributed by atoms with van der Waals surface area (Å²) in [5, 5.41) is 8.23. The monoisotopic (exact) mass is 452 g/mol. The molecule has 3 aromatic rings. The van der Waals surface area contributed by atoms with E-state index in [1.54, 1.807) is 13.2 Å². The molecule has 1 aliphatic rings. The molecular weight excluding hydrogens is 429 g/mol. The number of anilines is 1. The molecule has 0 spiro atoms. The fourth-order valence-electron chi connectivity index (χ4n) is 3.83. The second-order valence-corrected chi connectivity index (χ2v) is 8.27.